The fourth-order valence-corrected chi connectivity index (χ4v) is 4.35. The van der Waals surface area contributed by atoms with Crippen molar-refractivity contribution in [3.05, 3.63) is 115 Å². The summed E-state index contributed by atoms with van der Waals surface area (Å²) in [4.78, 5) is 16.2. The van der Waals surface area contributed by atoms with Crippen LogP contribution in [0.4, 0.5) is 0 Å². The molecule has 0 saturated carbocycles. The van der Waals surface area contributed by atoms with Crippen LogP contribution in [0.15, 0.2) is 103 Å². The second kappa shape index (κ2) is 12.9. The van der Waals surface area contributed by atoms with Crippen LogP contribution in [-0.2, 0) is 24.9 Å². The molecule has 4 aromatic carbocycles. The molecular formula is C37H38IrNO2-. The van der Waals surface area contributed by atoms with E-state index in [0.717, 1.165) is 22.2 Å². The molecule has 1 aromatic heterocycles. The Bertz CT molecular complexity index is 1690. The van der Waals surface area contributed by atoms with Crippen molar-refractivity contribution >= 4 is 27.3 Å². The Kier molecular flexibility index (Phi) is 10.1. The quantitative estimate of drug-likeness (QED) is 0.0874. The van der Waals surface area contributed by atoms with E-state index in [2.05, 4.69) is 91.9 Å². The first kappa shape index (κ1) is 31.9. The Balaban J connectivity index is 0.000000284. The van der Waals surface area contributed by atoms with Gasteiger partial charge >= 0.3 is 0 Å². The van der Waals surface area contributed by atoms with Gasteiger partial charge in [-0.3, -0.25) is 4.79 Å². The average molecular weight is 721 g/mol. The maximum absolute atomic E-state index is 11.5. The molecule has 4 heteroatoms. The predicted octanol–water partition coefficient (Wildman–Crippen LogP) is 9.92. The van der Waals surface area contributed by atoms with Crippen LogP contribution in [-0.4, -0.2) is 15.9 Å². The Morgan fingerprint density at radius 1 is 0.756 bits per heavy atom. The molecule has 0 bridgehead atoms. The molecule has 213 valence electrons. The van der Waals surface area contributed by atoms with Gasteiger partial charge in [-0.05, 0) is 38.9 Å². The van der Waals surface area contributed by atoms with Crippen LogP contribution in [0, 0.1) is 23.8 Å². The normalized spacial score (nSPS) is 11.9. The van der Waals surface area contributed by atoms with Crippen molar-refractivity contribution in [2.75, 3.05) is 0 Å². The molecule has 0 saturated heterocycles. The van der Waals surface area contributed by atoms with Gasteiger partial charge in [0.25, 0.3) is 0 Å². The second-order valence-corrected chi connectivity index (χ2v) is 12.3. The number of pyridine rings is 1. The van der Waals surface area contributed by atoms with E-state index in [1.807, 2.05) is 53.8 Å². The Labute approximate surface area is 257 Å². The molecular weight excluding hydrogens is 683 g/mol. The minimum absolute atomic E-state index is 0. The molecule has 5 rings (SSSR count). The summed E-state index contributed by atoms with van der Waals surface area (Å²) in [6.07, 6.45) is 3.24. The zero-order valence-corrected chi connectivity index (χ0v) is 27.3. The zero-order valence-electron chi connectivity index (χ0n) is 24.9. The van der Waals surface area contributed by atoms with Crippen LogP contribution in [0.25, 0.3) is 43.9 Å². The maximum Gasteiger partial charge on any atom is 0.164 e. The summed E-state index contributed by atoms with van der Waals surface area (Å²) in [5, 5.41) is 14.5. The predicted molar refractivity (Wildman–Crippen MR) is 168 cm³/mol. The van der Waals surface area contributed by atoms with Crippen LogP contribution in [0.2, 0.25) is 0 Å². The fourth-order valence-electron chi connectivity index (χ4n) is 4.35. The monoisotopic (exact) mass is 721 g/mol. The Morgan fingerprint density at radius 3 is 2.07 bits per heavy atom. The molecule has 41 heavy (non-hydrogen) atoms. The molecule has 1 N–H and O–H groups in total. The van der Waals surface area contributed by atoms with E-state index in [4.69, 9.17) is 4.98 Å². The van der Waals surface area contributed by atoms with E-state index in [0.29, 0.717) is 0 Å². The molecule has 0 aliphatic carbocycles. The molecule has 0 unspecified atom stereocenters. The maximum atomic E-state index is 11.5. The fraction of sp³-hybridized carbons (Fsp3) is 0.243. The van der Waals surface area contributed by atoms with Crippen molar-refractivity contribution in [1.29, 1.82) is 0 Å². The van der Waals surface area contributed by atoms with Crippen molar-refractivity contribution in [1.82, 2.24) is 4.98 Å². The van der Waals surface area contributed by atoms with Gasteiger partial charge in [0.15, 0.2) is 5.78 Å². The summed E-state index contributed by atoms with van der Waals surface area (Å²) in [5.41, 5.74) is 4.78. The van der Waals surface area contributed by atoms with Crippen LogP contribution in [0.1, 0.15) is 47.1 Å². The molecule has 0 aliphatic rings. The van der Waals surface area contributed by atoms with Crippen LogP contribution >= 0.6 is 0 Å². The summed E-state index contributed by atoms with van der Waals surface area (Å²) in [7, 11) is 0. The first-order valence-corrected chi connectivity index (χ1v) is 13.7. The van der Waals surface area contributed by atoms with Gasteiger partial charge in [-0.15, -0.1) is 34.9 Å². The number of ketones is 1. The Hall–Kier alpha value is -3.59. The number of allylic oxidation sites excluding steroid dienone is 2. The van der Waals surface area contributed by atoms with Gasteiger partial charge in [-0.1, -0.05) is 115 Å². The summed E-state index contributed by atoms with van der Waals surface area (Å²) in [6, 6.07) is 33.3. The number of carbonyl (C=O) groups excluding carboxylic acids is 1. The number of hydrogen-bond donors (Lipinski definition) is 1. The van der Waals surface area contributed by atoms with E-state index in [9.17, 15) is 9.90 Å². The van der Waals surface area contributed by atoms with Gasteiger partial charge in [0, 0.05) is 43.2 Å². The van der Waals surface area contributed by atoms with Gasteiger partial charge in [0.1, 0.15) is 5.76 Å². The SMILES string of the molecule is CC(C)(C)C(=O)/C=C(\O)C(C)(C)C.Cc1[c-]c(-c2nccc3c2ccc2ccccc23)cc(-c2ccccc2)c1.[Ir]. The minimum Gasteiger partial charge on any atom is -0.512 e. The summed E-state index contributed by atoms with van der Waals surface area (Å²) in [6.45, 7) is 13.2. The smallest absolute Gasteiger partial charge is 0.164 e. The number of aliphatic hydroxyl groups excluding tert-OH is 1. The molecule has 0 atom stereocenters. The van der Waals surface area contributed by atoms with Crippen molar-refractivity contribution in [2.24, 2.45) is 10.8 Å². The molecule has 1 heterocycles. The molecule has 1 radical (unpaired) electrons. The van der Waals surface area contributed by atoms with Crippen molar-refractivity contribution in [3.8, 4) is 22.4 Å². The topological polar surface area (TPSA) is 50.2 Å². The number of rotatable bonds is 3. The van der Waals surface area contributed by atoms with Crippen molar-refractivity contribution in [2.45, 2.75) is 48.5 Å². The first-order valence-electron chi connectivity index (χ1n) is 13.7. The number of carbonyl (C=O) groups is 1. The van der Waals surface area contributed by atoms with Gasteiger partial charge in [-0.25, -0.2) is 0 Å². The third-order valence-corrected chi connectivity index (χ3v) is 6.81. The Morgan fingerprint density at radius 2 is 1.41 bits per heavy atom. The van der Waals surface area contributed by atoms with E-state index >= 15 is 0 Å². The first-order chi connectivity index (χ1) is 18.8. The van der Waals surface area contributed by atoms with E-state index in [1.54, 1.807) is 0 Å². The number of aromatic nitrogens is 1. The average Bonchev–Trinajstić information content (AvgIpc) is 2.92. The van der Waals surface area contributed by atoms with Crippen LogP contribution in [0.3, 0.4) is 0 Å². The molecule has 5 aromatic rings. The van der Waals surface area contributed by atoms with Gasteiger partial charge < -0.3 is 10.1 Å². The number of nitrogens with zero attached hydrogens (tertiary/aromatic N) is 1. The van der Waals surface area contributed by atoms with E-state index in [1.165, 1.54) is 33.4 Å². The summed E-state index contributed by atoms with van der Waals surface area (Å²) in [5.74, 6) is 0.104. The largest absolute Gasteiger partial charge is 0.512 e. The number of fused-ring (bicyclic) bond motifs is 3. The van der Waals surface area contributed by atoms with E-state index in [-0.39, 0.29) is 37.1 Å². The number of aryl methyl sites for hydroxylation is 1. The number of aliphatic hydroxyl groups is 1. The van der Waals surface area contributed by atoms with Gasteiger partial charge in [-0.2, -0.15) is 0 Å². The molecule has 0 amide bonds. The van der Waals surface area contributed by atoms with Gasteiger partial charge in [0.2, 0.25) is 0 Å². The minimum atomic E-state index is -0.417. The van der Waals surface area contributed by atoms with Crippen molar-refractivity contribution < 1.29 is 30.0 Å². The third kappa shape index (κ3) is 7.79. The summed E-state index contributed by atoms with van der Waals surface area (Å²) < 4.78 is 0. The summed E-state index contributed by atoms with van der Waals surface area (Å²) >= 11 is 0. The van der Waals surface area contributed by atoms with Crippen molar-refractivity contribution in [3.63, 3.8) is 0 Å². The standard InChI is InChI=1S/C26H18N.C11H20O2.Ir/c1-18-15-21(19-7-3-2-4-8-19)17-22(16-18)26-25-12-11-20-9-5-6-10-23(20)24(25)13-14-27-26;1-10(2,3)8(12)7-9(13)11(4,5)6;/h2-15,17H,1H3;7,12H,1-6H3;/q-1;;/b;8-7-;. The number of hydrogen-bond acceptors (Lipinski definition) is 3. The molecule has 3 nitrogen and oxygen atoms in total. The number of benzene rings is 4. The molecule has 0 spiro atoms. The molecule has 0 fully saturated rings. The van der Waals surface area contributed by atoms with Crippen LogP contribution < -0.4 is 0 Å². The van der Waals surface area contributed by atoms with E-state index < -0.39 is 5.41 Å². The van der Waals surface area contributed by atoms with Crippen LogP contribution in [0.5, 0.6) is 0 Å². The second-order valence-electron chi connectivity index (χ2n) is 12.3. The molecule has 0 aliphatic heterocycles. The zero-order chi connectivity index (χ0) is 29.1. The third-order valence-electron chi connectivity index (χ3n) is 6.81. The van der Waals surface area contributed by atoms with Gasteiger partial charge in [0.05, 0.1) is 0 Å².